The minimum absolute atomic E-state index is 0.0236. The number of hydrogen-bond acceptors (Lipinski definition) is 5. The van der Waals surface area contributed by atoms with E-state index in [4.69, 9.17) is 23.7 Å². The Kier molecular flexibility index (Phi) is 10.6. The van der Waals surface area contributed by atoms with Gasteiger partial charge in [-0.3, -0.25) is 0 Å². The van der Waals surface area contributed by atoms with Crippen molar-refractivity contribution in [2.75, 3.05) is 18.1 Å². The van der Waals surface area contributed by atoms with Gasteiger partial charge >= 0.3 is 0 Å². The Bertz CT molecular complexity index is 972. The third-order valence-corrected chi connectivity index (χ3v) is 7.16. The molecule has 1 saturated heterocycles. The summed E-state index contributed by atoms with van der Waals surface area (Å²) in [6, 6.07) is 30.6. The molecule has 0 unspecified atom stereocenters. The summed E-state index contributed by atoms with van der Waals surface area (Å²) in [6.07, 6.45) is -1.23. The Labute approximate surface area is 221 Å². The smallest absolute Gasteiger partial charge is 0.163 e. The molecule has 5 nitrogen and oxygen atoms in total. The molecule has 0 radical (unpaired) electrons. The molecule has 0 aliphatic carbocycles. The molecule has 0 spiro atoms. The van der Waals surface area contributed by atoms with E-state index >= 15 is 0 Å². The Hall–Kier alpha value is -1.81. The molecule has 4 rings (SSSR count). The lowest BCUT2D eigenvalue weighted by atomic mass is 9.91. The maximum Gasteiger partial charge on any atom is 0.163 e. The van der Waals surface area contributed by atoms with Crippen molar-refractivity contribution in [2.45, 2.75) is 44.4 Å². The molecule has 5 atom stereocenters. The van der Waals surface area contributed by atoms with E-state index in [9.17, 15) is 0 Å². The molecular formula is C29H33IO5. The number of methoxy groups -OCH3 is 1. The highest BCUT2D eigenvalue weighted by Crippen LogP contribution is 2.34. The van der Waals surface area contributed by atoms with Gasteiger partial charge < -0.3 is 23.7 Å². The first-order valence-corrected chi connectivity index (χ1v) is 13.5. The molecule has 0 saturated carbocycles. The van der Waals surface area contributed by atoms with Crippen LogP contribution in [0.3, 0.4) is 0 Å². The Balaban J connectivity index is 1.51. The number of alkyl halides is 1. The van der Waals surface area contributed by atoms with Crippen LogP contribution in [0.1, 0.15) is 16.7 Å². The predicted octanol–water partition coefficient (Wildman–Crippen LogP) is 5.80. The van der Waals surface area contributed by atoms with E-state index in [1.54, 1.807) is 7.11 Å². The second-order valence-electron chi connectivity index (χ2n) is 8.62. The van der Waals surface area contributed by atoms with Crippen molar-refractivity contribution in [3.05, 3.63) is 108 Å². The van der Waals surface area contributed by atoms with Gasteiger partial charge in [-0.05, 0) is 16.7 Å². The number of ether oxygens (including phenoxy) is 5. The molecule has 3 aromatic carbocycles. The van der Waals surface area contributed by atoms with Crippen LogP contribution in [0, 0.1) is 5.92 Å². The minimum atomic E-state index is -0.394. The third-order valence-electron chi connectivity index (χ3n) is 6.15. The maximum atomic E-state index is 6.56. The predicted molar refractivity (Wildman–Crippen MR) is 144 cm³/mol. The van der Waals surface area contributed by atoms with Crippen LogP contribution >= 0.6 is 22.6 Å². The highest BCUT2D eigenvalue weighted by molar-refractivity contribution is 14.1. The SMILES string of the molecule is CO[C@H]1O[C@H](COCc2ccccc2)[C@@H](OCc2ccccc2)[C@H](OCc2ccccc2)[C@@H]1CI. The molecule has 0 N–H and O–H groups in total. The molecule has 0 amide bonds. The number of benzene rings is 3. The number of hydrogen-bond donors (Lipinski definition) is 0. The van der Waals surface area contributed by atoms with Gasteiger partial charge in [0.2, 0.25) is 0 Å². The summed E-state index contributed by atoms with van der Waals surface area (Å²) < 4.78 is 32.2. The second-order valence-corrected chi connectivity index (χ2v) is 9.50. The van der Waals surface area contributed by atoms with E-state index in [1.165, 1.54) is 0 Å². The van der Waals surface area contributed by atoms with Crippen LogP contribution in [0.4, 0.5) is 0 Å². The summed E-state index contributed by atoms with van der Waals surface area (Å²) >= 11 is 2.38. The number of halogens is 1. The third kappa shape index (κ3) is 7.59. The maximum absolute atomic E-state index is 6.56. The summed E-state index contributed by atoms with van der Waals surface area (Å²) in [5.74, 6) is 0.0236. The molecule has 1 heterocycles. The molecule has 1 aliphatic heterocycles. The zero-order chi connectivity index (χ0) is 24.3. The fourth-order valence-corrected chi connectivity index (χ4v) is 5.22. The first kappa shape index (κ1) is 26.3. The van der Waals surface area contributed by atoms with Crippen molar-refractivity contribution in [2.24, 2.45) is 5.92 Å². The van der Waals surface area contributed by atoms with Gasteiger partial charge in [0, 0.05) is 17.5 Å². The van der Waals surface area contributed by atoms with Gasteiger partial charge in [0.15, 0.2) is 6.29 Å². The van der Waals surface area contributed by atoms with Crippen molar-refractivity contribution in [1.82, 2.24) is 0 Å². The van der Waals surface area contributed by atoms with Gasteiger partial charge in [0.1, 0.15) is 12.2 Å². The van der Waals surface area contributed by atoms with Gasteiger partial charge in [-0.25, -0.2) is 0 Å². The fourth-order valence-electron chi connectivity index (χ4n) is 4.31. The lowest BCUT2D eigenvalue weighted by Gasteiger charge is -2.45. The van der Waals surface area contributed by atoms with Crippen LogP contribution in [0.15, 0.2) is 91.0 Å². The lowest BCUT2D eigenvalue weighted by molar-refractivity contribution is -0.294. The molecule has 3 aromatic rings. The standard InChI is InChI=1S/C29H33IO5/c1-31-29-25(17-30)27(33-19-23-13-7-3-8-14-23)28(34-20-24-15-9-4-10-16-24)26(35-29)21-32-18-22-11-5-2-6-12-22/h2-16,25-29H,17-21H2,1H3/t25-,26+,27+,28+,29-/m0/s1. The van der Waals surface area contributed by atoms with Crippen molar-refractivity contribution < 1.29 is 23.7 Å². The monoisotopic (exact) mass is 588 g/mol. The van der Waals surface area contributed by atoms with Crippen molar-refractivity contribution in [3.8, 4) is 0 Å². The van der Waals surface area contributed by atoms with Crippen LogP contribution in [0.25, 0.3) is 0 Å². The van der Waals surface area contributed by atoms with E-state index < -0.39 is 6.29 Å². The van der Waals surface area contributed by atoms with Crippen LogP contribution < -0.4 is 0 Å². The summed E-state index contributed by atoms with van der Waals surface area (Å²) in [5.41, 5.74) is 3.35. The van der Waals surface area contributed by atoms with E-state index in [-0.39, 0.29) is 24.2 Å². The van der Waals surface area contributed by atoms with Crippen molar-refractivity contribution >= 4 is 22.6 Å². The average Bonchev–Trinajstić information content (AvgIpc) is 2.92. The topological polar surface area (TPSA) is 46.2 Å². The minimum Gasteiger partial charge on any atom is -0.374 e. The summed E-state index contributed by atoms with van der Waals surface area (Å²) in [7, 11) is 1.69. The molecule has 1 fully saturated rings. The van der Waals surface area contributed by atoms with E-state index in [2.05, 4.69) is 59.0 Å². The zero-order valence-electron chi connectivity index (χ0n) is 20.0. The van der Waals surface area contributed by atoms with E-state index in [1.807, 2.05) is 54.6 Å². The summed E-state index contributed by atoms with van der Waals surface area (Å²) in [5, 5.41) is 0. The Morgan fingerprint density at radius 3 is 1.66 bits per heavy atom. The van der Waals surface area contributed by atoms with Crippen molar-refractivity contribution in [1.29, 1.82) is 0 Å². The quantitative estimate of drug-likeness (QED) is 0.198. The number of rotatable bonds is 12. The summed E-state index contributed by atoms with van der Waals surface area (Å²) in [6.45, 7) is 1.86. The lowest BCUT2D eigenvalue weighted by Crippen LogP contribution is -2.58. The van der Waals surface area contributed by atoms with Gasteiger partial charge in [0.25, 0.3) is 0 Å². The van der Waals surface area contributed by atoms with Gasteiger partial charge in [-0.2, -0.15) is 0 Å². The average molecular weight is 588 g/mol. The molecule has 0 aromatic heterocycles. The van der Waals surface area contributed by atoms with Crippen LogP contribution in [-0.2, 0) is 43.5 Å². The molecule has 35 heavy (non-hydrogen) atoms. The largest absolute Gasteiger partial charge is 0.374 e. The van der Waals surface area contributed by atoms with Gasteiger partial charge in [-0.1, -0.05) is 114 Å². The Morgan fingerprint density at radius 1 is 0.686 bits per heavy atom. The van der Waals surface area contributed by atoms with Crippen LogP contribution in [0.5, 0.6) is 0 Å². The van der Waals surface area contributed by atoms with Crippen LogP contribution in [-0.4, -0.2) is 42.7 Å². The second kappa shape index (κ2) is 14.1. The molecular weight excluding hydrogens is 555 g/mol. The highest BCUT2D eigenvalue weighted by Gasteiger charge is 2.47. The highest BCUT2D eigenvalue weighted by atomic mass is 127. The molecule has 6 heteroatoms. The molecule has 0 bridgehead atoms. The van der Waals surface area contributed by atoms with E-state index in [0.717, 1.165) is 21.1 Å². The first-order chi connectivity index (χ1) is 17.3. The van der Waals surface area contributed by atoms with E-state index in [0.29, 0.717) is 26.4 Å². The summed E-state index contributed by atoms with van der Waals surface area (Å²) in [4.78, 5) is 0. The zero-order valence-corrected chi connectivity index (χ0v) is 22.2. The van der Waals surface area contributed by atoms with Crippen LogP contribution in [0.2, 0.25) is 0 Å². The van der Waals surface area contributed by atoms with Gasteiger partial charge in [0.05, 0.1) is 32.5 Å². The van der Waals surface area contributed by atoms with Gasteiger partial charge in [-0.15, -0.1) is 0 Å². The first-order valence-electron chi connectivity index (χ1n) is 12.0. The normalized spacial score (nSPS) is 24.3. The Morgan fingerprint density at radius 2 is 1.17 bits per heavy atom. The van der Waals surface area contributed by atoms with Crippen molar-refractivity contribution in [3.63, 3.8) is 0 Å². The molecule has 1 aliphatic rings. The fraction of sp³-hybridized carbons (Fsp3) is 0.379. The molecule has 186 valence electrons.